The van der Waals surface area contributed by atoms with E-state index in [1.165, 1.54) is 19.3 Å². The van der Waals surface area contributed by atoms with Gasteiger partial charge < -0.3 is 19.7 Å². The quantitative estimate of drug-likeness (QED) is 0.670. The van der Waals surface area contributed by atoms with E-state index in [4.69, 9.17) is 9.47 Å². The van der Waals surface area contributed by atoms with E-state index in [1.54, 1.807) is 55.8 Å². The summed E-state index contributed by atoms with van der Waals surface area (Å²) in [5, 5.41) is 2.82. The maximum Gasteiger partial charge on any atom is 0.275 e. The van der Waals surface area contributed by atoms with E-state index in [2.05, 4.69) is 25.2 Å². The number of carbonyl (C=O) groups is 1. The predicted molar refractivity (Wildman–Crippen MR) is 113 cm³/mol. The van der Waals surface area contributed by atoms with Gasteiger partial charge >= 0.3 is 0 Å². The van der Waals surface area contributed by atoms with Crippen molar-refractivity contribution < 1.29 is 14.3 Å². The highest BCUT2D eigenvalue weighted by Gasteiger charge is 2.15. The van der Waals surface area contributed by atoms with E-state index < -0.39 is 0 Å². The van der Waals surface area contributed by atoms with Crippen LogP contribution in [-0.2, 0) is 0 Å². The van der Waals surface area contributed by atoms with Crippen molar-refractivity contribution in [3.05, 3.63) is 48.8 Å². The van der Waals surface area contributed by atoms with Crippen molar-refractivity contribution in [1.82, 2.24) is 19.5 Å². The number of hydrogen-bond donors (Lipinski definition) is 1. The van der Waals surface area contributed by atoms with E-state index in [0.717, 1.165) is 18.9 Å². The molecule has 156 valence electrons. The fraction of sp³-hybridized carbons (Fsp3) is 0.333. The average molecular weight is 408 g/mol. The molecule has 3 heterocycles. The Balaban J connectivity index is 1.51. The summed E-state index contributed by atoms with van der Waals surface area (Å²) < 4.78 is 12.2. The molecule has 3 aromatic rings. The average Bonchev–Trinajstić information content (AvgIpc) is 3.30. The second-order valence-electron chi connectivity index (χ2n) is 7.00. The number of amides is 1. The van der Waals surface area contributed by atoms with Crippen LogP contribution < -0.4 is 19.7 Å². The zero-order valence-electron chi connectivity index (χ0n) is 17.0. The predicted octanol–water partition coefficient (Wildman–Crippen LogP) is 2.92. The molecule has 1 saturated heterocycles. The third kappa shape index (κ3) is 4.35. The highest BCUT2D eigenvalue weighted by molar-refractivity contribution is 6.03. The molecule has 0 radical (unpaired) electrons. The molecule has 0 unspecified atom stereocenters. The molecular formula is C21H24N6O3. The number of rotatable bonds is 6. The Morgan fingerprint density at radius 2 is 1.63 bits per heavy atom. The van der Waals surface area contributed by atoms with Crippen molar-refractivity contribution in [2.24, 2.45) is 0 Å². The van der Waals surface area contributed by atoms with Crippen LogP contribution >= 0.6 is 0 Å². The zero-order valence-corrected chi connectivity index (χ0v) is 17.0. The molecule has 4 rings (SSSR count). The topological polar surface area (TPSA) is 94.4 Å². The first-order valence-corrected chi connectivity index (χ1v) is 9.82. The van der Waals surface area contributed by atoms with Crippen molar-refractivity contribution in [2.45, 2.75) is 19.3 Å². The number of hydrogen-bond acceptors (Lipinski definition) is 7. The smallest absolute Gasteiger partial charge is 0.275 e. The highest BCUT2D eigenvalue weighted by atomic mass is 16.5. The number of nitrogens with zero attached hydrogens (tertiary/aromatic N) is 5. The van der Waals surface area contributed by atoms with Crippen LogP contribution in [0.25, 0.3) is 5.82 Å². The van der Waals surface area contributed by atoms with Crippen LogP contribution in [-0.4, -0.2) is 52.7 Å². The van der Waals surface area contributed by atoms with Crippen molar-refractivity contribution >= 4 is 17.4 Å². The molecule has 1 aliphatic heterocycles. The van der Waals surface area contributed by atoms with Crippen LogP contribution in [0.1, 0.15) is 29.8 Å². The van der Waals surface area contributed by atoms with Crippen molar-refractivity contribution in [3.63, 3.8) is 0 Å². The van der Waals surface area contributed by atoms with Gasteiger partial charge in [0.25, 0.3) is 5.91 Å². The molecule has 1 amide bonds. The van der Waals surface area contributed by atoms with Crippen molar-refractivity contribution in [3.8, 4) is 17.3 Å². The van der Waals surface area contributed by atoms with Gasteiger partial charge in [-0.3, -0.25) is 9.36 Å². The molecule has 30 heavy (non-hydrogen) atoms. The summed E-state index contributed by atoms with van der Waals surface area (Å²) in [6, 6.07) is 7.08. The normalized spacial score (nSPS) is 13.7. The van der Waals surface area contributed by atoms with Gasteiger partial charge in [0, 0.05) is 49.2 Å². The fourth-order valence-electron chi connectivity index (χ4n) is 3.41. The molecular weight excluding hydrogens is 384 g/mol. The van der Waals surface area contributed by atoms with Crippen LogP contribution in [0.4, 0.5) is 11.5 Å². The molecule has 1 fully saturated rings. The van der Waals surface area contributed by atoms with E-state index in [-0.39, 0.29) is 11.6 Å². The van der Waals surface area contributed by atoms with Crippen molar-refractivity contribution in [2.75, 3.05) is 37.5 Å². The van der Waals surface area contributed by atoms with E-state index in [0.29, 0.717) is 23.0 Å². The highest BCUT2D eigenvalue weighted by Crippen LogP contribution is 2.26. The standard InChI is InChI=1S/C21H24N6O3/c1-29-16-8-15(9-17(10-16)30-2)25-21(28)18-12-27(14-24-18)20-11-19(22-13-23-20)26-6-4-3-5-7-26/h8-14H,3-7H2,1-2H3,(H,25,28). The molecule has 0 spiro atoms. The molecule has 1 aliphatic rings. The van der Waals surface area contributed by atoms with Gasteiger partial charge in [0.1, 0.15) is 41.5 Å². The molecule has 2 aromatic heterocycles. The lowest BCUT2D eigenvalue weighted by atomic mass is 10.1. The lowest BCUT2D eigenvalue weighted by Crippen LogP contribution is -2.30. The minimum atomic E-state index is -0.339. The van der Waals surface area contributed by atoms with Gasteiger partial charge in [0.2, 0.25) is 0 Å². The number of aromatic nitrogens is 4. The maximum absolute atomic E-state index is 12.7. The van der Waals surface area contributed by atoms with E-state index in [1.807, 2.05) is 6.07 Å². The van der Waals surface area contributed by atoms with Gasteiger partial charge in [-0.25, -0.2) is 15.0 Å². The number of piperidine rings is 1. The van der Waals surface area contributed by atoms with Gasteiger partial charge in [-0.1, -0.05) is 0 Å². The molecule has 9 heteroatoms. The van der Waals surface area contributed by atoms with Crippen LogP contribution in [0.3, 0.4) is 0 Å². The Kier molecular flexibility index (Phi) is 5.78. The number of nitrogens with one attached hydrogen (secondary N) is 1. The third-order valence-corrected chi connectivity index (χ3v) is 5.01. The molecule has 0 atom stereocenters. The number of ether oxygens (including phenoxy) is 2. The lowest BCUT2D eigenvalue weighted by molar-refractivity contribution is 0.102. The van der Waals surface area contributed by atoms with Gasteiger partial charge in [-0.05, 0) is 19.3 Å². The third-order valence-electron chi connectivity index (χ3n) is 5.01. The minimum Gasteiger partial charge on any atom is -0.497 e. The van der Waals surface area contributed by atoms with E-state index in [9.17, 15) is 4.79 Å². The van der Waals surface area contributed by atoms with Gasteiger partial charge in [0.15, 0.2) is 0 Å². The maximum atomic E-state index is 12.7. The number of imidazole rings is 1. The van der Waals surface area contributed by atoms with Crippen LogP contribution in [0.5, 0.6) is 11.5 Å². The Labute approximate surface area is 174 Å². The first-order chi connectivity index (χ1) is 14.7. The summed E-state index contributed by atoms with van der Waals surface area (Å²) in [6.45, 7) is 2.00. The second kappa shape index (κ2) is 8.81. The Bertz CT molecular complexity index is 1010. The molecule has 0 saturated carbocycles. The first kappa shape index (κ1) is 19.7. The largest absolute Gasteiger partial charge is 0.497 e. The van der Waals surface area contributed by atoms with Crippen LogP contribution in [0.15, 0.2) is 43.1 Å². The summed E-state index contributed by atoms with van der Waals surface area (Å²) in [5.74, 6) is 2.39. The summed E-state index contributed by atoms with van der Waals surface area (Å²) in [7, 11) is 3.11. The molecule has 9 nitrogen and oxygen atoms in total. The molecule has 0 aliphatic carbocycles. The van der Waals surface area contributed by atoms with Gasteiger partial charge in [-0.2, -0.15) is 0 Å². The molecule has 1 N–H and O–H groups in total. The number of benzene rings is 1. The van der Waals surface area contributed by atoms with Gasteiger partial charge in [0.05, 0.1) is 14.2 Å². The Morgan fingerprint density at radius 1 is 0.933 bits per heavy atom. The first-order valence-electron chi connectivity index (χ1n) is 9.82. The monoisotopic (exact) mass is 408 g/mol. The number of carbonyl (C=O) groups excluding carboxylic acids is 1. The Hall–Kier alpha value is -3.62. The van der Waals surface area contributed by atoms with Gasteiger partial charge in [-0.15, -0.1) is 0 Å². The summed E-state index contributed by atoms with van der Waals surface area (Å²) >= 11 is 0. The summed E-state index contributed by atoms with van der Waals surface area (Å²) in [4.78, 5) is 27.9. The lowest BCUT2D eigenvalue weighted by Gasteiger charge is -2.27. The van der Waals surface area contributed by atoms with E-state index >= 15 is 0 Å². The SMILES string of the molecule is COc1cc(NC(=O)c2cn(-c3cc(N4CCCCC4)ncn3)cn2)cc(OC)c1. The number of methoxy groups -OCH3 is 2. The van der Waals surface area contributed by atoms with Crippen molar-refractivity contribution in [1.29, 1.82) is 0 Å². The zero-order chi connectivity index (χ0) is 20.9. The fourth-order valence-corrected chi connectivity index (χ4v) is 3.41. The second-order valence-corrected chi connectivity index (χ2v) is 7.00. The molecule has 1 aromatic carbocycles. The summed E-state index contributed by atoms with van der Waals surface area (Å²) in [6.07, 6.45) is 8.36. The Morgan fingerprint density at radius 3 is 2.33 bits per heavy atom. The van der Waals surface area contributed by atoms with Crippen LogP contribution in [0, 0.1) is 0 Å². The minimum absolute atomic E-state index is 0.273. The molecule has 0 bridgehead atoms. The summed E-state index contributed by atoms with van der Waals surface area (Å²) in [5.41, 5.74) is 0.829. The number of anilines is 2. The van der Waals surface area contributed by atoms with Crippen LogP contribution in [0.2, 0.25) is 0 Å².